The van der Waals surface area contributed by atoms with Crippen molar-refractivity contribution < 1.29 is 5.11 Å². The number of hydrogen-bond donors (Lipinski definition) is 4. The van der Waals surface area contributed by atoms with Crippen molar-refractivity contribution in [2.24, 2.45) is 0 Å². The van der Waals surface area contributed by atoms with E-state index in [0.717, 1.165) is 0 Å². The van der Waals surface area contributed by atoms with Gasteiger partial charge in [0.1, 0.15) is 12.5 Å². The SMILES string of the molecule is Nc1nc2ncc(NCO)nc2c(=O)[nH]1. The van der Waals surface area contributed by atoms with E-state index in [9.17, 15) is 4.79 Å². The van der Waals surface area contributed by atoms with Crippen LogP contribution in [0.25, 0.3) is 11.2 Å². The largest absolute Gasteiger partial charge is 0.377 e. The third kappa shape index (κ3) is 1.70. The van der Waals surface area contributed by atoms with Crippen LogP contribution in [-0.2, 0) is 0 Å². The minimum absolute atomic E-state index is 0.00957. The molecule has 0 unspecified atom stereocenters. The van der Waals surface area contributed by atoms with Gasteiger partial charge in [0.15, 0.2) is 11.2 Å². The van der Waals surface area contributed by atoms with Gasteiger partial charge in [0.05, 0.1) is 6.20 Å². The summed E-state index contributed by atoms with van der Waals surface area (Å²) in [5.74, 6) is 0.284. The van der Waals surface area contributed by atoms with Crippen LogP contribution in [0.5, 0.6) is 0 Å². The fraction of sp³-hybridized carbons (Fsp3) is 0.143. The Morgan fingerprint density at radius 2 is 2.33 bits per heavy atom. The highest BCUT2D eigenvalue weighted by atomic mass is 16.3. The number of fused-ring (bicyclic) bond motifs is 1. The van der Waals surface area contributed by atoms with Crippen LogP contribution in [0.1, 0.15) is 0 Å². The molecule has 0 aliphatic rings. The van der Waals surface area contributed by atoms with Gasteiger partial charge in [-0.3, -0.25) is 9.78 Å². The highest BCUT2D eigenvalue weighted by Crippen LogP contribution is 2.05. The molecule has 2 aromatic heterocycles. The van der Waals surface area contributed by atoms with E-state index in [2.05, 4.69) is 25.3 Å². The topological polar surface area (TPSA) is 130 Å². The Morgan fingerprint density at radius 3 is 3.07 bits per heavy atom. The lowest BCUT2D eigenvalue weighted by Crippen LogP contribution is -2.14. The van der Waals surface area contributed by atoms with Crippen LogP contribution in [0.4, 0.5) is 11.8 Å². The normalized spacial score (nSPS) is 10.5. The molecule has 15 heavy (non-hydrogen) atoms. The number of aliphatic hydroxyl groups is 1. The molecule has 2 rings (SSSR count). The standard InChI is InChI=1S/C7H8N6O2/c8-7-12-5-4(6(15)13-7)11-3(1-9-5)10-2-14/h1,14H,2H2,(H,10,11)(H3,8,9,12,13,15). The third-order valence-corrected chi connectivity index (χ3v) is 1.70. The molecule has 0 saturated carbocycles. The van der Waals surface area contributed by atoms with E-state index in [4.69, 9.17) is 10.8 Å². The maximum absolute atomic E-state index is 11.4. The molecule has 0 aromatic carbocycles. The number of nitrogens with zero attached hydrogens (tertiary/aromatic N) is 3. The summed E-state index contributed by atoms with van der Waals surface area (Å²) in [5, 5.41) is 11.1. The Hall–Kier alpha value is -2.22. The molecule has 0 spiro atoms. The van der Waals surface area contributed by atoms with E-state index < -0.39 is 5.56 Å². The van der Waals surface area contributed by atoms with Crippen molar-refractivity contribution in [2.75, 3.05) is 17.8 Å². The molecule has 8 heteroatoms. The van der Waals surface area contributed by atoms with Crippen molar-refractivity contribution >= 4 is 22.9 Å². The van der Waals surface area contributed by atoms with Crippen molar-refractivity contribution in [3.05, 3.63) is 16.6 Å². The fourth-order valence-electron chi connectivity index (χ4n) is 1.10. The zero-order valence-corrected chi connectivity index (χ0v) is 7.56. The quantitative estimate of drug-likeness (QED) is 0.449. The van der Waals surface area contributed by atoms with E-state index in [0.29, 0.717) is 5.82 Å². The molecule has 5 N–H and O–H groups in total. The van der Waals surface area contributed by atoms with Gasteiger partial charge in [0.25, 0.3) is 5.56 Å². The second-order valence-corrected chi connectivity index (χ2v) is 2.71. The highest BCUT2D eigenvalue weighted by molar-refractivity contribution is 5.70. The molecule has 2 heterocycles. The van der Waals surface area contributed by atoms with Crippen LogP contribution in [0.3, 0.4) is 0 Å². The number of nitrogens with two attached hydrogens (primary N) is 1. The number of H-pyrrole nitrogens is 1. The molecule has 78 valence electrons. The molecule has 8 nitrogen and oxygen atoms in total. The summed E-state index contributed by atoms with van der Waals surface area (Å²) in [6, 6.07) is 0. The van der Waals surface area contributed by atoms with Gasteiger partial charge in [-0.15, -0.1) is 0 Å². The first-order valence-corrected chi connectivity index (χ1v) is 4.08. The Kier molecular flexibility index (Phi) is 2.18. The predicted octanol–water partition coefficient (Wildman–Crippen LogP) is -1.34. The highest BCUT2D eigenvalue weighted by Gasteiger charge is 2.05. The minimum atomic E-state index is -0.466. The predicted molar refractivity (Wildman–Crippen MR) is 53.1 cm³/mol. The number of hydrogen-bond acceptors (Lipinski definition) is 7. The number of nitrogens with one attached hydrogen (secondary N) is 2. The number of aromatic amines is 1. The van der Waals surface area contributed by atoms with E-state index in [1.54, 1.807) is 0 Å². The second-order valence-electron chi connectivity index (χ2n) is 2.71. The molecular formula is C7H8N6O2. The lowest BCUT2D eigenvalue weighted by Gasteiger charge is -2.01. The minimum Gasteiger partial charge on any atom is -0.377 e. The van der Waals surface area contributed by atoms with Crippen LogP contribution in [-0.4, -0.2) is 31.8 Å². The molecule has 0 aliphatic carbocycles. The lowest BCUT2D eigenvalue weighted by atomic mass is 10.5. The first kappa shape index (κ1) is 9.34. The van der Waals surface area contributed by atoms with E-state index >= 15 is 0 Å². The molecule has 0 saturated heterocycles. The lowest BCUT2D eigenvalue weighted by molar-refractivity contribution is 0.325. The van der Waals surface area contributed by atoms with E-state index in [-0.39, 0.29) is 23.8 Å². The summed E-state index contributed by atoms with van der Waals surface area (Å²) < 4.78 is 0. The van der Waals surface area contributed by atoms with Crippen molar-refractivity contribution in [3.63, 3.8) is 0 Å². The van der Waals surface area contributed by atoms with Gasteiger partial charge in [0.2, 0.25) is 5.95 Å². The first-order chi connectivity index (χ1) is 7.20. The van der Waals surface area contributed by atoms with Crippen LogP contribution in [0.15, 0.2) is 11.0 Å². The average Bonchev–Trinajstić information content (AvgIpc) is 2.19. The smallest absolute Gasteiger partial charge is 0.280 e. The molecule has 0 amide bonds. The monoisotopic (exact) mass is 208 g/mol. The Balaban J connectivity index is 2.66. The molecule has 0 fully saturated rings. The Labute approximate surface area is 83.2 Å². The average molecular weight is 208 g/mol. The molecule has 0 bridgehead atoms. The summed E-state index contributed by atoms with van der Waals surface area (Å²) in [6.45, 7) is -0.291. The van der Waals surface area contributed by atoms with E-state index in [1.165, 1.54) is 6.20 Å². The first-order valence-electron chi connectivity index (χ1n) is 4.08. The number of anilines is 2. The van der Waals surface area contributed by atoms with Crippen molar-refractivity contribution in [1.29, 1.82) is 0 Å². The molecule has 0 radical (unpaired) electrons. The summed E-state index contributed by atoms with van der Waals surface area (Å²) in [5.41, 5.74) is 5.10. The number of rotatable bonds is 2. The zero-order valence-electron chi connectivity index (χ0n) is 7.56. The molecule has 2 aromatic rings. The maximum atomic E-state index is 11.4. The molecule has 0 atom stereocenters. The van der Waals surface area contributed by atoms with Gasteiger partial charge < -0.3 is 16.2 Å². The molecular weight excluding hydrogens is 200 g/mol. The van der Waals surface area contributed by atoms with E-state index in [1.807, 2.05) is 0 Å². The number of aliphatic hydroxyl groups excluding tert-OH is 1. The van der Waals surface area contributed by atoms with Crippen molar-refractivity contribution in [3.8, 4) is 0 Å². The fourth-order valence-corrected chi connectivity index (χ4v) is 1.10. The van der Waals surface area contributed by atoms with Gasteiger partial charge in [-0.1, -0.05) is 0 Å². The van der Waals surface area contributed by atoms with Crippen LogP contribution < -0.4 is 16.6 Å². The van der Waals surface area contributed by atoms with Gasteiger partial charge in [0, 0.05) is 0 Å². The molecule has 0 aliphatic heterocycles. The summed E-state index contributed by atoms with van der Waals surface area (Å²) in [4.78, 5) is 25.3. The second kappa shape index (κ2) is 3.50. The van der Waals surface area contributed by atoms with Gasteiger partial charge in [-0.05, 0) is 0 Å². The van der Waals surface area contributed by atoms with Crippen molar-refractivity contribution in [1.82, 2.24) is 19.9 Å². The third-order valence-electron chi connectivity index (χ3n) is 1.70. The maximum Gasteiger partial charge on any atom is 0.280 e. The summed E-state index contributed by atoms with van der Waals surface area (Å²) in [7, 11) is 0. The Morgan fingerprint density at radius 1 is 1.53 bits per heavy atom. The van der Waals surface area contributed by atoms with Gasteiger partial charge in [-0.25, -0.2) is 9.97 Å². The zero-order chi connectivity index (χ0) is 10.8. The van der Waals surface area contributed by atoms with Crippen LogP contribution in [0.2, 0.25) is 0 Å². The van der Waals surface area contributed by atoms with Gasteiger partial charge in [-0.2, -0.15) is 4.98 Å². The summed E-state index contributed by atoms with van der Waals surface area (Å²) in [6.07, 6.45) is 1.35. The number of nitrogen functional groups attached to an aromatic ring is 1. The number of aromatic nitrogens is 4. The van der Waals surface area contributed by atoms with Crippen molar-refractivity contribution in [2.45, 2.75) is 0 Å². The Bertz CT molecular complexity index is 551. The van der Waals surface area contributed by atoms with Gasteiger partial charge >= 0.3 is 0 Å². The van der Waals surface area contributed by atoms with Crippen LogP contribution >= 0.6 is 0 Å². The summed E-state index contributed by atoms with van der Waals surface area (Å²) >= 11 is 0. The van der Waals surface area contributed by atoms with Crippen LogP contribution in [0, 0.1) is 0 Å².